The Bertz CT molecular complexity index is 487. The number of nitrogens with one attached hydrogen (secondary N) is 1. The normalized spacial score (nSPS) is 14.0. The van der Waals surface area contributed by atoms with Gasteiger partial charge in [-0.1, -0.05) is 20.8 Å². The molecule has 0 aliphatic carbocycles. The molecule has 0 aliphatic heterocycles. The molecule has 0 spiro atoms. The number of carboxylic acid groups (broad SMARTS) is 1. The molecular formula is C14H22N2O4S. The average molecular weight is 314 g/mol. The molecule has 2 N–H and O–H groups in total. The van der Waals surface area contributed by atoms with Crippen molar-refractivity contribution >= 4 is 23.3 Å². The Morgan fingerprint density at radius 1 is 1.48 bits per heavy atom. The SMILES string of the molecule is CCNC(C[C@@H](OC(C)=O)c1nc(C(=O)O)cs1)C(C)C. The lowest BCUT2D eigenvalue weighted by atomic mass is 9.98. The van der Waals surface area contributed by atoms with Crippen molar-refractivity contribution in [3.8, 4) is 0 Å². The second-order valence-corrected chi connectivity index (χ2v) is 6.01. The van der Waals surface area contributed by atoms with Crippen LogP contribution in [-0.2, 0) is 9.53 Å². The van der Waals surface area contributed by atoms with Crippen molar-refractivity contribution in [1.29, 1.82) is 0 Å². The average Bonchev–Trinajstić information content (AvgIpc) is 2.86. The first kappa shape index (κ1) is 17.6. The predicted octanol–water partition coefficient (Wildman–Crippen LogP) is 2.47. The lowest BCUT2D eigenvalue weighted by Crippen LogP contribution is -2.35. The minimum atomic E-state index is -1.08. The van der Waals surface area contributed by atoms with E-state index in [1.165, 1.54) is 23.6 Å². The van der Waals surface area contributed by atoms with Crippen molar-refractivity contribution in [1.82, 2.24) is 10.3 Å². The molecule has 2 atom stereocenters. The standard InChI is InChI=1S/C14H22N2O4S/c1-5-15-10(8(2)3)6-12(20-9(4)17)13-16-11(7-21-13)14(18)19/h7-8,10,12,15H,5-6H2,1-4H3,(H,18,19)/t10?,12-/m1/s1. The molecule has 0 aliphatic rings. The molecule has 0 aromatic carbocycles. The number of ether oxygens (including phenoxy) is 1. The van der Waals surface area contributed by atoms with Crippen LogP contribution in [0.4, 0.5) is 0 Å². The number of nitrogens with zero attached hydrogens (tertiary/aromatic N) is 1. The second kappa shape index (κ2) is 8.09. The Morgan fingerprint density at radius 3 is 2.57 bits per heavy atom. The van der Waals surface area contributed by atoms with Crippen LogP contribution in [0.1, 0.15) is 55.7 Å². The summed E-state index contributed by atoms with van der Waals surface area (Å²) in [5, 5.41) is 14.3. The number of carbonyl (C=O) groups is 2. The van der Waals surface area contributed by atoms with E-state index in [1.54, 1.807) is 0 Å². The highest BCUT2D eigenvalue weighted by atomic mass is 32.1. The van der Waals surface area contributed by atoms with Gasteiger partial charge in [-0.25, -0.2) is 9.78 Å². The molecule has 118 valence electrons. The van der Waals surface area contributed by atoms with Gasteiger partial charge in [0.1, 0.15) is 5.01 Å². The summed E-state index contributed by atoms with van der Waals surface area (Å²) in [6.07, 6.45) is 0.0459. The number of hydrogen-bond donors (Lipinski definition) is 2. The Morgan fingerprint density at radius 2 is 2.14 bits per heavy atom. The van der Waals surface area contributed by atoms with Crippen LogP contribution < -0.4 is 5.32 Å². The van der Waals surface area contributed by atoms with Gasteiger partial charge in [0.25, 0.3) is 0 Å². The van der Waals surface area contributed by atoms with Gasteiger partial charge < -0.3 is 15.2 Å². The third kappa shape index (κ3) is 5.43. The fourth-order valence-electron chi connectivity index (χ4n) is 2.02. The molecule has 0 amide bonds. The smallest absolute Gasteiger partial charge is 0.355 e. The maximum atomic E-state index is 11.3. The van der Waals surface area contributed by atoms with E-state index >= 15 is 0 Å². The van der Waals surface area contributed by atoms with Crippen LogP contribution in [-0.4, -0.2) is 34.6 Å². The third-order valence-corrected chi connectivity index (χ3v) is 4.00. The van der Waals surface area contributed by atoms with E-state index in [0.29, 0.717) is 17.3 Å². The largest absolute Gasteiger partial charge is 0.476 e. The van der Waals surface area contributed by atoms with Crippen molar-refractivity contribution in [3.05, 3.63) is 16.1 Å². The zero-order valence-corrected chi connectivity index (χ0v) is 13.6. The minimum Gasteiger partial charge on any atom is -0.476 e. The molecule has 7 heteroatoms. The number of rotatable bonds is 8. The summed E-state index contributed by atoms with van der Waals surface area (Å²) in [7, 11) is 0. The topological polar surface area (TPSA) is 88.5 Å². The Balaban J connectivity index is 2.92. The highest BCUT2D eigenvalue weighted by molar-refractivity contribution is 7.09. The molecule has 1 unspecified atom stereocenters. The molecule has 0 saturated heterocycles. The number of carbonyl (C=O) groups excluding carboxylic acids is 1. The summed E-state index contributed by atoms with van der Waals surface area (Å²) in [6.45, 7) is 8.34. The molecule has 0 saturated carbocycles. The monoisotopic (exact) mass is 314 g/mol. The summed E-state index contributed by atoms with van der Waals surface area (Å²) in [5.74, 6) is -1.11. The van der Waals surface area contributed by atoms with Crippen molar-refractivity contribution < 1.29 is 19.4 Å². The number of carboxylic acids is 1. The van der Waals surface area contributed by atoms with Crippen molar-refractivity contribution in [2.75, 3.05) is 6.54 Å². The van der Waals surface area contributed by atoms with Gasteiger partial charge in [-0.2, -0.15) is 0 Å². The summed E-state index contributed by atoms with van der Waals surface area (Å²) < 4.78 is 5.33. The summed E-state index contributed by atoms with van der Waals surface area (Å²) >= 11 is 1.20. The van der Waals surface area contributed by atoms with Gasteiger partial charge in [0, 0.05) is 24.8 Å². The van der Waals surface area contributed by atoms with Gasteiger partial charge in [-0.3, -0.25) is 4.79 Å². The van der Waals surface area contributed by atoms with Crippen molar-refractivity contribution in [2.45, 2.75) is 46.3 Å². The predicted molar refractivity (Wildman–Crippen MR) is 80.5 cm³/mol. The van der Waals surface area contributed by atoms with Gasteiger partial charge in [-0.05, 0) is 12.5 Å². The van der Waals surface area contributed by atoms with E-state index in [4.69, 9.17) is 9.84 Å². The van der Waals surface area contributed by atoms with Gasteiger partial charge in [0.15, 0.2) is 11.8 Å². The van der Waals surface area contributed by atoms with Crippen LogP contribution in [0, 0.1) is 5.92 Å². The molecular weight excluding hydrogens is 292 g/mol. The van der Waals surface area contributed by atoms with E-state index in [2.05, 4.69) is 24.1 Å². The molecule has 0 fully saturated rings. The highest BCUT2D eigenvalue weighted by Crippen LogP contribution is 2.28. The third-order valence-electron chi connectivity index (χ3n) is 3.06. The number of esters is 1. The number of aromatic nitrogens is 1. The summed E-state index contributed by atoms with van der Waals surface area (Å²) in [4.78, 5) is 26.3. The Hall–Kier alpha value is -1.47. The number of hydrogen-bond acceptors (Lipinski definition) is 6. The van der Waals surface area contributed by atoms with E-state index in [0.717, 1.165) is 6.54 Å². The van der Waals surface area contributed by atoms with Crippen molar-refractivity contribution in [3.63, 3.8) is 0 Å². The van der Waals surface area contributed by atoms with Crippen LogP contribution >= 0.6 is 11.3 Å². The number of thiazole rings is 1. The second-order valence-electron chi connectivity index (χ2n) is 5.12. The van der Waals surface area contributed by atoms with Gasteiger partial charge in [0.2, 0.25) is 0 Å². The van der Waals surface area contributed by atoms with E-state index < -0.39 is 18.0 Å². The molecule has 0 bridgehead atoms. The zero-order chi connectivity index (χ0) is 16.0. The van der Waals surface area contributed by atoms with Crippen LogP contribution in [0.5, 0.6) is 0 Å². The molecule has 1 aromatic rings. The Labute approximate surface area is 128 Å². The molecule has 1 aromatic heterocycles. The van der Waals surface area contributed by atoms with Crippen LogP contribution in [0.2, 0.25) is 0 Å². The first-order valence-corrected chi connectivity index (χ1v) is 7.82. The lowest BCUT2D eigenvalue weighted by Gasteiger charge is -2.25. The number of aromatic carboxylic acids is 1. The fraction of sp³-hybridized carbons (Fsp3) is 0.643. The molecule has 21 heavy (non-hydrogen) atoms. The summed E-state index contributed by atoms with van der Waals surface area (Å²) in [6, 6.07) is 0.163. The van der Waals surface area contributed by atoms with Gasteiger partial charge >= 0.3 is 11.9 Å². The molecule has 0 radical (unpaired) electrons. The minimum absolute atomic E-state index is 0.0169. The fourth-order valence-corrected chi connectivity index (χ4v) is 2.85. The molecule has 1 heterocycles. The maximum absolute atomic E-state index is 11.3. The van der Waals surface area contributed by atoms with Crippen molar-refractivity contribution in [2.24, 2.45) is 5.92 Å². The lowest BCUT2D eigenvalue weighted by molar-refractivity contribution is -0.147. The van der Waals surface area contributed by atoms with Crippen LogP contribution in [0.3, 0.4) is 0 Å². The molecule has 1 rings (SSSR count). The van der Waals surface area contributed by atoms with Crippen LogP contribution in [0.25, 0.3) is 0 Å². The van der Waals surface area contributed by atoms with Crippen LogP contribution in [0.15, 0.2) is 5.38 Å². The quantitative estimate of drug-likeness (QED) is 0.717. The van der Waals surface area contributed by atoms with Gasteiger partial charge in [0.05, 0.1) is 0 Å². The summed E-state index contributed by atoms with van der Waals surface area (Å²) in [5.41, 5.74) is -0.0169. The molecule has 6 nitrogen and oxygen atoms in total. The highest BCUT2D eigenvalue weighted by Gasteiger charge is 2.25. The van der Waals surface area contributed by atoms with E-state index in [1.807, 2.05) is 6.92 Å². The van der Waals surface area contributed by atoms with E-state index in [-0.39, 0.29) is 11.7 Å². The van der Waals surface area contributed by atoms with E-state index in [9.17, 15) is 9.59 Å². The van der Waals surface area contributed by atoms with Gasteiger partial charge in [-0.15, -0.1) is 11.3 Å². The zero-order valence-electron chi connectivity index (χ0n) is 12.8. The first-order valence-electron chi connectivity index (χ1n) is 6.94. The Kier molecular flexibility index (Phi) is 6.77. The first-order chi connectivity index (χ1) is 9.85. The maximum Gasteiger partial charge on any atom is 0.355 e.